The number of hydrogen-bond donors (Lipinski definition) is 1. The molecule has 1 saturated carbocycles. The van der Waals surface area contributed by atoms with Crippen LogP contribution in [-0.2, 0) is 11.2 Å². The molecular formula is C20H18FN3O2. The van der Waals surface area contributed by atoms with Gasteiger partial charge in [0.05, 0.1) is 17.3 Å². The third-order valence-corrected chi connectivity index (χ3v) is 4.52. The molecule has 6 heteroatoms. The van der Waals surface area contributed by atoms with Gasteiger partial charge >= 0.3 is 0 Å². The zero-order chi connectivity index (χ0) is 18.3. The summed E-state index contributed by atoms with van der Waals surface area (Å²) in [6.07, 6.45) is 1.97. The van der Waals surface area contributed by atoms with Gasteiger partial charge < -0.3 is 0 Å². The zero-order valence-corrected chi connectivity index (χ0v) is 14.3. The average molecular weight is 351 g/mol. The largest absolute Gasteiger partial charge is 0.280 e. The van der Waals surface area contributed by atoms with E-state index in [-0.39, 0.29) is 29.2 Å². The van der Waals surface area contributed by atoms with Gasteiger partial charge in [-0.05, 0) is 37.5 Å². The van der Waals surface area contributed by atoms with Crippen LogP contribution in [0.2, 0.25) is 0 Å². The molecule has 1 aromatic heterocycles. The number of aromatic nitrogens is 2. The highest BCUT2D eigenvalue weighted by molar-refractivity contribution is 5.86. The van der Waals surface area contributed by atoms with Gasteiger partial charge in [-0.1, -0.05) is 29.8 Å². The lowest BCUT2D eigenvalue weighted by Crippen LogP contribution is -2.37. The molecular weight excluding hydrogens is 333 g/mol. The average Bonchev–Trinajstić information content (AvgIpc) is 3.44. The second-order valence-electron chi connectivity index (χ2n) is 6.74. The van der Waals surface area contributed by atoms with Crippen LogP contribution in [0.1, 0.15) is 35.7 Å². The van der Waals surface area contributed by atoms with Gasteiger partial charge in [-0.2, -0.15) is 0 Å². The quantitative estimate of drug-likeness (QED) is 0.786. The Morgan fingerprint density at radius 2 is 1.96 bits per heavy atom. The summed E-state index contributed by atoms with van der Waals surface area (Å²) in [6, 6.07) is 11.5. The topological polar surface area (TPSA) is 64.0 Å². The van der Waals surface area contributed by atoms with Crippen molar-refractivity contribution >= 4 is 16.8 Å². The molecule has 132 valence electrons. The van der Waals surface area contributed by atoms with Crippen LogP contribution in [0.25, 0.3) is 10.9 Å². The van der Waals surface area contributed by atoms with Crippen LogP contribution < -0.4 is 11.0 Å². The second-order valence-corrected chi connectivity index (χ2v) is 6.74. The Bertz CT molecular complexity index is 1050. The van der Waals surface area contributed by atoms with E-state index in [1.54, 1.807) is 0 Å². The summed E-state index contributed by atoms with van der Waals surface area (Å²) in [6.45, 7) is 1.98. The fourth-order valence-electron chi connectivity index (χ4n) is 2.96. The van der Waals surface area contributed by atoms with E-state index in [0.717, 1.165) is 24.0 Å². The molecule has 3 aromatic rings. The van der Waals surface area contributed by atoms with Crippen molar-refractivity contribution in [2.45, 2.75) is 32.1 Å². The number of carbonyl (C=O) groups excluding carboxylic acids is 1. The molecule has 0 spiro atoms. The zero-order valence-electron chi connectivity index (χ0n) is 14.3. The first-order chi connectivity index (χ1) is 12.5. The molecule has 0 unspecified atom stereocenters. The fourth-order valence-corrected chi connectivity index (χ4v) is 2.96. The number of halogens is 1. The van der Waals surface area contributed by atoms with Gasteiger partial charge in [-0.15, -0.1) is 0 Å². The van der Waals surface area contributed by atoms with Crippen molar-refractivity contribution in [3.63, 3.8) is 0 Å². The molecule has 2 aromatic carbocycles. The fraction of sp³-hybridized carbons (Fsp3) is 0.250. The van der Waals surface area contributed by atoms with E-state index in [1.807, 2.05) is 31.2 Å². The maximum Gasteiger partial charge on any atom is 0.280 e. The van der Waals surface area contributed by atoms with Crippen molar-refractivity contribution < 1.29 is 9.18 Å². The number of hydrogen-bond acceptors (Lipinski definition) is 3. The van der Waals surface area contributed by atoms with Crippen LogP contribution in [-0.4, -0.2) is 15.6 Å². The van der Waals surface area contributed by atoms with Gasteiger partial charge in [0.2, 0.25) is 5.91 Å². The van der Waals surface area contributed by atoms with Crippen molar-refractivity contribution in [2.24, 2.45) is 0 Å². The van der Waals surface area contributed by atoms with Gasteiger partial charge in [0, 0.05) is 12.0 Å². The number of nitrogens with one attached hydrogen (secondary N) is 1. The van der Waals surface area contributed by atoms with Gasteiger partial charge in [-0.25, -0.2) is 14.1 Å². The molecule has 0 aliphatic heterocycles. The Labute approximate surface area is 149 Å². The van der Waals surface area contributed by atoms with Crippen LogP contribution >= 0.6 is 0 Å². The predicted octanol–water partition coefficient (Wildman–Crippen LogP) is 3.03. The normalized spacial score (nSPS) is 13.8. The standard InChI is InChI=1S/C20H18FN3O2/c1-12-2-4-13(5-3-12)10-18(25)23-24-19(14-6-7-14)22-17-11-15(21)8-9-16(17)20(24)26/h2-5,8-9,11,14H,6-7,10H2,1H3,(H,23,25). The Morgan fingerprint density at radius 3 is 2.65 bits per heavy atom. The molecule has 1 heterocycles. The summed E-state index contributed by atoms with van der Waals surface area (Å²) in [4.78, 5) is 29.7. The summed E-state index contributed by atoms with van der Waals surface area (Å²) >= 11 is 0. The number of amides is 1. The van der Waals surface area contributed by atoms with Crippen molar-refractivity contribution in [1.82, 2.24) is 9.66 Å². The number of benzene rings is 2. The highest BCUT2D eigenvalue weighted by atomic mass is 19.1. The summed E-state index contributed by atoms with van der Waals surface area (Å²) in [5, 5.41) is 0.284. The smallest absolute Gasteiger partial charge is 0.273 e. The van der Waals surface area contributed by atoms with Crippen LogP contribution in [0.15, 0.2) is 47.3 Å². The van der Waals surface area contributed by atoms with E-state index in [0.29, 0.717) is 11.3 Å². The van der Waals surface area contributed by atoms with E-state index >= 15 is 0 Å². The van der Waals surface area contributed by atoms with E-state index in [9.17, 15) is 14.0 Å². The number of carbonyl (C=O) groups is 1. The Kier molecular flexibility index (Phi) is 4.03. The summed E-state index contributed by atoms with van der Waals surface area (Å²) in [5.41, 5.74) is 4.60. The van der Waals surface area contributed by atoms with Gasteiger partial charge in [0.15, 0.2) is 0 Å². The maximum atomic E-state index is 13.5. The number of nitrogens with zero attached hydrogens (tertiary/aromatic N) is 2. The van der Waals surface area contributed by atoms with Crippen molar-refractivity contribution in [3.05, 3.63) is 75.6 Å². The molecule has 1 N–H and O–H groups in total. The monoisotopic (exact) mass is 351 g/mol. The molecule has 0 saturated heterocycles. The van der Waals surface area contributed by atoms with Crippen LogP contribution in [0.4, 0.5) is 4.39 Å². The first kappa shape index (κ1) is 16.4. The third-order valence-electron chi connectivity index (χ3n) is 4.52. The minimum atomic E-state index is -0.438. The number of fused-ring (bicyclic) bond motifs is 1. The van der Waals surface area contributed by atoms with Crippen molar-refractivity contribution in [1.29, 1.82) is 0 Å². The maximum absolute atomic E-state index is 13.5. The Hall–Kier alpha value is -3.02. The highest BCUT2D eigenvalue weighted by Crippen LogP contribution is 2.38. The van der Waals surface area contributed by atoms with Crippen LogP contribution in [0, 0.1) is 12.7 Å². The second kappa shape index (κ2) is 6.37. The molecule has 1 amide bonds. The summed E-state index contributed by atoms with van der Waals surface area (Å²) in [7, 11) is 0. The van der Waals surface area contributed by atoms with Gasteiger partial charge in [-0.3, -0.25) is 15.0 Å². The molecule has 0 atom stereocenters. The molecule has 5 nitrogen and oxygen atoms in total. The van der Waals surface area contributed by atoms with Crippen LogP contribution in [0.3, 0.4) is 0 Å². The molecule has 1 fully saturated rings. The van der Waals surface area contributed by atoms with E-state index in [2.05, 4.69) is 10.4 Å². The molecule has 1 aliphatic rings. The van der Waals surface area contributed by atoms with E-state index < -0.39 is 5.82 Å². The molecule has 0 bridgehead atoms. The van der Waals surface area contributed by atoms with Crippen LogP contribution in [0.5, 0.6) is 0 Å². The number of rotatable bonds is 4. The minimum absolute atomic E-state index is 0.120. The molecule has 26 heavy (non-hydrogen) atoms. The van der Waals surface area contributed by atoms with Gasteiger partial charge in [0.1, 0.15) is 11.6 Å². The van der Waals surface area contributed by atoms with E-state index in [1.165, 1.54) is 22.9 Å². The SMILES string of the molecule is Cc1ccc(CC(=O)Nn2c(C3CC3)nc3cc(F)ccc3c2=O)cc1. The Morgan fingerprint density at radius 1 is 1.23 bits per heavy atom. The Balaban J connectivity index is 1.68. The first-order valence-corrected chi connectivity index (χ1v) is 8.59. The van der Waals surface area contributed by atoms with E-state index in [4.69, 9.17) is 0 Å². The first-order valence-electron chi connectivity index (χ1n) is 8.59. The molecule has 4 rings (SSSR count). The lowest BCUT2D eigenvalue weighted by molar-refractivity contribution is -0.116. The minimum Gasteiger partial charge on any atom is -0.273 e. The molecule has 1 aliphatic carbocycles. The summed E-state index contributed by atoms with van der Waals surface area (Å²) in [5.74, 6) is -0.117. The third kappa shape index (κ3) is 3.22. The van der Waals surface area contributed by atoms with Gasteiger partial charge in [0.25, 0.3) is 5.56 Å². The van der Waals surface area contributed by atoms with Crippen molar-refractivity contribution in [3.8, 4) is 0 Å². The molecule has 0 radical (unpaired) electrons. The highest BCUT2D eigenvalue weighted by Gasteiger charge is 2.30. The lowest BCUT2D eigenvalue weighted by Gasteiger charge is -2.14. The predicted molar refractivity (Wildman–Crippen MR) is 97.2 cm³/mol. The number of aryl methyl sites for hydroxylation is 1. The summed E-state index contributed by atoms with van der Waals surface area (Å²) < 4.78 is 14.7. The lowest BCUT2D eigenvalue weighted by atomic mass is 10.1. The van der Waals surface area contributed by atoms with Crippen molar-refractivity contribution in [2.75, 3.05) is 5.43 Å².